The first-order valence-electron chi connectivity index (χ1n) is 7.55. The maximum absolute atomic E-state index is 11.5. The quantitative estimate of drug-likeness (QED) is 0.750. The van der Waals surface area contributed by atoms with Crippen molar-refractivity contribution < 1.29 is 4.79 Å². The van der Waals surface area contributed by atoms with E-state index in [0.717, 1.165) is 25.2 Å². The molecule has 2 heteroatoms. The largest absolute Gasteiger partial charge is 0.300 e. The van der Waals surface area contributed by atoms with E-state index in [1.165, 1.54) is 51.6 Å². The van der Waals surface area contributed by atoms with Gasteiger partial charge < -0.3 is 0 Å². The second kappa shape index (κ2) is 6.53. The predicted molar refractivity (Wildman–Crippen MR) is 71.1 cm³/mol. The first kappa shape index (κ1) is 13.1. The van der Waals surface area contributed by atoms with Gasteiger partial charge in [-0.05, 0) is 51.1 Å². The van der Waals surface area contributed by atoms with Crippen molar-refractivity contribution in [3.63, 3.8) is 0 Å². The fourth-order valence-corrected chi connectivity index (χ4v) is 3.56. The van der Waals surface area contributed by atoms with Crippen LogP contribution in [0.25, 0.3) is 0 Å². The van der Waals surface area contributed by atoms with Gasteiger partial charge in [0.05, 0.1) is 0 Å². The Labute approximate surface area is 106 Å². The normalized spacial score (nSPS) is 32.4. The molecular weight excluding hydrogens is 210 g/mol. The molecule has 0 amide bonds. The summed E-state index contributed by atoms with van der Waals surface area (Å²) in [4.78, 5) is 14.2. The molecule has 2 fully saturated rings. The molecule has 1 aliphatic heterocycles. The van der Waals surface area contributed by atoms with Crippen molar-refractivity contribution in [1.29, 1.82) is 0 Å². The van der Waals surface area contributed by atoms with Gasteiger partial charge in [0.25, 0.3) is 0 Å². The summed E-state index contributed by atoms with van der Waals surface area (Å²) < 4.78 is 0. The van der Waals surface area contributed by atoms with Crippen LogP contribution in [0.5, 0.6) is 0 Å². The van der Waals surface area contributed by atoms with E-state index >= 15 is 0 Å². The van der Waals surface area contributed by atoms with E-state index < -0.39 is 0 Å². The highest BCUT2D eigenvalue weighted by Crippen LogP contribution is 2.27. The van der Waals surface area contributed by atoms with Crippen LogP contribution in [-0.4, -0.2) is 29.8 Å². The second-order valence-electron chi connectivity index (χ2n) is 5.91. The van der Waals surface area contributed by atoms with Crippen LogP contribution >= 0.6 is 0 Å². The molecule has 1 saturated carbocycles. The zero-order chi connectivity index (χ0) is 12.1. The fourth-order valence-electron chi connectivity index (χ4n) is 3.56. The third-order valence-corrected chi connectivity index (χ3v) is 4.55. The van der Waals surface area contributed by atoms with E-state index in [1.54, 1.807) is 0 Å². The van der Waals surface area contributed by atoms with Crippen LogP contribution in [0.1, 0.15) is 64.7 Å². The van der Waals surface area contributed by atoms with Gasteiger partial charge in [-0.1, -0.05) is 19.8 Å². The highest BCUT2D eigenvalue weighted by Gasteiger charge is 2.27. The van der Waals surface area contributed by atoms with Crippen molar-refractivity contribution in [2.24, 2.45) is 5.92 Å². The molecule has 0 aromatic heterocycles. The van der Waals surface area contributed by atoms with Crippen molar-refractivity contribution >= 4 is 5.78 Å². The molecule has 98 valence electrons. The van der Waals surface area contributed by atoms with Crippen molar-refractivity contribution in [3.05, 3.63) is 0 Å². The molecule has 1 heterocycles. The Bertz CT molecular complexity index is 251. The highest BCUT2D eigenvalue weighted by molar-refractivity contribution is 5.79. The predicted octanol–water partition coefficient (Wildman–Crippen LogP) is 3.40. The second-order valence-corrected chi connectivity index (χ2v) is 5.91. The first-order valence-corrected chi connectivity index (χ1v) is 7.55. The Morgan fingerprint density at radius 1 is 1.18 bits per heavy atom. The van der Waals surface area contributed by atoms with Crippen molar-refractivity contribution in [1.82, 2.24) is 4.90 Å². The van der Waals surface area contributed by atoms with Gasteiger partial charge in [0.2, 0.25) is 0 Å². The molecule has 0 bridgehead atoms. The van der Waals surface area contributed by atoms with Crippen LogP contribution in [-0.2, 0) is 4.79 Å². The molecule has 2 aliphatic rings. The molecular formula is C15H27NO. The minimum absolute atomic E-state index is 0.496. The summed E-state index contributed by atoms with van der Waals surface area (Å²) in [5.41, 5.74) is 0. The lowest BCUT2D eigenvalue weighted by Crippen LogP contribution is -2.39. The fraction of sp³-hybridized carbons (Fsp3) is 0.933. The molecule has 1 saturated heterocycles. The molecule has 0 spiro atoms. The summed E-state index contributed by atoms with van der Waals surface area (Å²) >= 11 is 0. The van der Waals surface area contributed by atoms with Gasteiger partial charge in [-0.15, -0.1) is 0 Å². The average molecular weight is 237 g/mol. The maximum atomic E-state index is 11.5. The smallest absolute Gasteiger partial charge is 0.134 e. The van der Waals surface area contributed by atoms with E-state index in [9.17, 15) is 4.79 Å². The number of carbonyl (C=O) groups is 1. The van der Waals surface area contributed by atoms with Crippen LogP contribution in [0.2, 0.25) is 0 Å². The summed E-state index contributed by atoms with van der Waals surface area (Å²) in [6.45, 7) is 4.77. The third-order valence-electron chi connectivity index (χ3n) is 4.55. The lowest BCUT2D eigenvalue weighted by atomic mass is 9.93. The number of carbonyl (C=O) groups excluding carboxylic acids is 1. The molecule has 2 rings (SSSR count). The van der Waals surface area contributed by atoms with Crippen molar-refractivity contribution in [3.8, 4) is 0 Å². The first-order chi connectivity index (χ1) is 8.29. The minimum atomic E-state index is 0.496. The van der Waals surface area contributed by atoms with Gasteiger partial charge in [0, 0.05) is 18.9 Å². The van der Waals surface area contributed by atoms with Gasteiger partial charge in [0.1, 0.15) is 5.78 Å². The van der Waals surface area contributed by atoms with E-state index in [2.05, 4.69) is 11.8 Å². The summed E-state index contributed by atoms with van der Waals surface area (Å²) in [6.07, 6.45) is 10.9. The number of rotatable bonds is 3. The van der Waals surface area contributed by atoms with Gasteiger partial charge in [-0.2, -0.15) is 0 Å². The third kappa shape index (κ3) is 3.80. The zero-order valence-electron chi connectivity index (χ0n) is 11.3. The van der Waals surface area contributed by atoms with Gasteiger partial charge in [-0.3, -0.25) is 9.69 Å². The maximum Gasteiger partial charge on any atom is 0.134 e. The van der Waals surface area contributed by atoms with E-state index in [0.29, 0.717) is 11.8 Å². The highest BCUT2D eigenvalue weighted by atomic mass is 16.1. The zero-order valence-corrected chi connectivity index (χ0v) is 11.3. The van der Waals surface area contributed by atoms with Crippen LogP contribution in [0.4, 0.5) is 0 Å². The number of likely N-dealkylation sites (tertiary alicyclic amines) is 1. The summed E-state index contributed by atoms with van der Waals surface area (Å²) in [7, 11) is 0. The lowest BCUT2D eigenvalue weighted by molar-refractivity contribution is -0.122. The topological polar surface area (TPSA) is 20.3 Å². The Morgan fingerprint density at radius 2 is 2.06 bits per heavy atom. The minimum Gasteiger partial charge on any atom is -0.300 e. The molecule has 0 radical (unpaired) electrons. The molecule has 0 aromatic rings. The lowest BCUT2D eigenvalue weighted by Gasteiger charge is -2.32. The molecule has 2 unspecified atom stereocenters. The molecule has 0 aromatic carbocycles. The Balaban J connectivity index is 1.83. The Kier molecular flexibility index (Phi) is 5.02. The van der Waals surface area contributed by atoms with E-state index in [1.807, 2.05) is 0 Å². The number of nitrogens with zero attached hydrogens (tertiary/aromatic N) is 1. The van der Waals surface area contributed by atoms with E-state index in [4.69, 9.17) is 0 Å². The van der Waals surface area contributed by atoms with E-state index in [-0.39, 0.29) is 0 Å². The van der Waals surface area contributed by atoms with Crippen LogP contribution in [0, 0.1) is 5.92 Å². The number of hydrogen-bond acceptors (Lipinski definition) is 2. The van der Waals surface area contributed by atoms with Crippen molar-refractivity contribution in [2.75, 3.05) is 13.1 Å². The Morgan fingerprint density at radius 3 is 2.82 bits per heavy atom. The molecule has 2 atom stereocenters. The van der Waals surface area contributed by atoms with Gasteiger partial charge >= 0.3 is 0 Å². The number of ketones is 1. The van der Waals surface area contributed by atoms with Gasteiger partial charge in [0.15, 0.2) is 0 Å². The number of Topliss-reactive ketones (excluding diaryl/α,β-unsaturated/α-hetero) is 1. The standard InChI is InChI=1S/C15H27NO/c1-2-5-13-6-4-10-16(11-9-13)14-7-3-8-15(17)12-14/h13-14H,2-12H2,1H3. The Hall–Kier alpha value is -0.370. The summed E-state index contributed by atoms with van der Waals surface area (Å²) in [5.74, 6) is 1.44. The number of hydrogen-bond donors (Lipinski definition) is 0. The average Bonchev–Trinajstić information content (AvgIpc) is 2.55. The monoisotopic (exact) mass is 237 g/mol. The molecule has 2 nitrogen and oxygen atoms in total. The van der Waals surface area contributed by atoms with Gasteiger partial charge in [-0.25, -0.2) is 0 Å². The van der Waals surface area contributed by atoms with Crippen molar-refractivity contribution in [2.45, 2.75) is 70.8 Å². The summed E-state index contributed by atoms with van der Waals surface area (Å²) in [5, 5.41) is 0. The summed E-state index contributed by atoms with van der Waals surface area (Å²) in [6, 6.07) is 0.580. The SMILES string of the molecule is CCCC1CCCN(C2CCCC(=O)C2)CC1. The van der Waals surface area contributed by atoms with Crippen LogP contribution in [0.15, 0.2) is 0 Å². The molecule has 0 N–H and O–H groups in total. The van der Waals surface area contributed by atoms with Crippen LogP contribution < -0.4 is 0 Å². The molecule has 17 heavy (non-hydrogen) atoms. The molecule has 1 aliphatic carbocycles. The van der Waals surface area contributed by atoms with Crippen LogP contribution in [0.3, 0.4) is 0 Å².